The van der Waals surface area contributed by atoms with Crippen molar-refractivity contribution >= 4 is 5.91 Å². The van der Waals surface area contributed by atoms with Gasteiger partial charge < -0.3 is 14.4 Å². The van der Waals surface area contributed by atoms with Crippen LogP contribution in [0.2, 0.25) is 0 Å². The Balaban J connectivity index is 1.69. The van der Waals surface area contributed by atoms with E-state index >= 15 is 0 Å². The zero-order valence-electron chi connectivity index (χ0n) is 15.4. The Morgan fingerprint density at radius 2 is 2.15 bits per heavy atom. The van der Waals surface area contributed by atoms with E-state index in [1.807, 2.05) is 36.1 Å². The highest BCUT2D eigenvalue weighted by Gasteiger charge is 2.26. The zero-order chi connectivity index (χ0) is 18.4. The van der Waals surface area contributed by atoms with Crippen LogP contribution in [-0.2, 0) is 9.53 Å². The third-order valence-electron chi connectivity index (χ3n) is 4.65. The first-order chi connectivity index (χ1) is 12.7. The third kappa shape index (κ3) is 4.58. The largest absolute Gasteiger partial charge is 0.437 e. The molecule has 6 nitrogen and oxygen atoms in total. The van der Waals surface area contributed by atoms with Gasteiger partial charge in [-0.1, -0.05) is 18.2 Å². The summed E-state index contributed by atoms with van der Waals surface area (Å²) in [5.41, 5.74) is 1.92. The fourth-order valence-corrected chi connectivity index (χ4v) is 3.18. The number of methoxy groups -OCH3 is 1. The van der Waals surface area contributed by atoms with Gasteiger partial charge in [-0.15, -0.1) is 0 Å². The molecule has 2 heterocycles. The minimum Gasteiger partial charge on any atom is -0.437 e. The summed E-state index contributed by atoms with van der Waals surface area (Å²) in [6.45, 7) is 3.92. The highest BCUT2D eigenvalue weighted by Crippen LogP contribution is 2.28. The molecular formula is C20H25N3O3. The number of hydrogen-bond donors (Lipinski definition) is 0. The molecule has 0 bridgehead atoms. The maximum Gasteiger partial charge on any atom is 0.238 e. The molecule has 1 aliphatic rings. The molecule has 6 heteroatoms. The Labute approximate surface area is 154 Å². The maximum absolute atomic E-state index is 12.3. The number of carbonyl (C=O) groups excluding carboxylic acids is 1. The number of nitrogens with zero attached hydrogens (tertiary/aromatic N) is 3. The Bertz CT molecular complexity index is 751. The summed E-state index contributed by atoms with van der Waals surface area (Å²) in [5.74, 6) is 1.58. The molecule has 2 aromatic rings. The normalized spacial score (nSPS) is 17.2. The zero-order valence-corrected chi connectivity index (χ0v) is 15.4. The van der Waals surface area contributed by atoms with Crippen LogP contribution in [-0.4, -0.2) is 47.6 Å². The van der Waals surface area contributed by atoms with Crippen LogP contribution < -0.4 is 4.74 Å². The topological polar surface area (TPSA) is 64.5 Å². The number of aromatic nitrogens is 2. The molecule has 1 aromatic carbocycles. The number of hydrogen-bond acceptors (Lipinski definition) is 5. The second-order valence-corrected chi connectivity index (χ2v) is 6.57. The lowest BCUT2D eigenvalue weighted by Crippen LogP contribution is -2.39. The standard InChI is InChI=1S/C20H25N3O3/c1-15-6-3-4-8-18(15)26-19-13-21-12-17(22-19)16-7-5-10-23(14-16)20(24)9-11-25-2/h3-4,6,8,12-13,16H,5,7,9-11,14H2,1-2H3/t16-/m1/s1. The first kappa shape index (κ1) is 18.3. The van der Waals surface area contributed by atoms with E-state index in [9.17, 15) is 4.79 Å². The molecular weight excluding hydrogens is 330 g/mol. The van der Waals surface area contributed by atoms with Crippen molar-refractivity contribution in [2.24, 2.45) is 0 Å². The third-order valence-corrected chi connectivity index (χ3v) is 4.65. The molecule has 26 heavy (non-hydrogen) atoms. The van der Waals surface area contributed by atoms with Crippen molar-refractivity contribution in [2.75, 3.05) is 26.8 Å². The maximum atomic E-state index is 12.3. The molecule has 0 N–H and O–H groups in total. The van der Waals surface area contributed by atoms with Gasteiger partial charge in [-0.05, 0) is 31.4 Å². The van der Waals surface area contributed by atoms with Crippen molar-refractivity contribution in [1.82, 2.24) is 14.9 Å². The molecule has 1 aromatic heterocycles. The number of likely N-dealkylation sites (tertiary alicyclic amines) is 1. The predicted molar refractivity (Wildman–Crippen MR) is 98.3 cm³/mol. The van der Waals surface area contributed by atoms with Crippen molar-refractivity contribution in [3.05, 3.63) is 47.9 Å². The molecule has 1 amide bonds. The number of piperidine rings is 1. The second-order valence-electron chi connectivity index (χ2n) is 6.57. The minimum absolute atomic E-state index is 0.136. The van der Waals surface area contributed by atoms with Gasteiger partial charge in [0.2, 0.25) is 11.8 Å². The predicted octanol–water partition coefficient (Wildman–Crippen LogP) is 3.32. The van der Waals surface area contributed by atoms with E-state index in [0.29, 0.717) is 25.5 Å². The van der Waals surface area contributed by atoms with Crippen LogP contribution in [0.3, 0.4) is 0 Å². The van der Waals surface area contributed by atoms with Crippen LogP contribution in [0.15, 0.2) is 36.7 Å². The van der Waals surface area contributed by atoms with Gasteiger partial charge in [0.15, 0.2) is 0 Å². The highest BCUT2D eigenvalue weighted by atomic mass is 16.5. The van der Waals surface area contributed by atoms with Gasteiger partial charge in [-0.3, -0.25) is 9.78 Å². The fourth-order valence-electron chi connectivity index (χ4n) is 3.18. The van der Waals surface area contributed by atoms with Crippen LogP contribution >= 0.6 is 0 Å². The van der Waals surface area contributed by atoms with Crippen LogP contribution in [0.25, 0.3) is 0 Å². The summed E-state index contributed by atoms with van der Waals surface area (Å²) in [5, 5.41) is 0. The number of ether oxygens (including phenoxy) is 2. The van der Waals surface area contributed by atoms with Gasteiger partial charge in [0.1, 0.15) is 5.75 Å². The van der Waals surface area contributed by atoms with Gasteiger partial charge in [-0.25, -0.2) is 4.98 Å². The number of para-hydroxylation sites is 1. The second kappa shape index (κ2) is 8.76. The van der Waals surface area contributed by atoms with Gasteiger partial charge in [0, 0.05) is 32.3 Å². The van der Waals surface area contributed by atoms with Crippen LogP contribution in [0.1, 0.15) is 36.4 Å². The molecule has 0 aliphatic carbocycles. The minimum atomic E-state index is 0.136. The number of rotatable bonds is 6. The van der Waals surface area contributed by atoms with E-state index in [4.69, 9.17) is 9.47 Å². The summed E-state index contributed by atoms with van der Waals surface area (Å²) >= 11 is 0. The first-order valence-electron chi connectivity index (χ1n) is 8.99. The van der Waals surface area contributed by atoms with Gasteiger partial charge in [0.05, 0.1) is 24.9 Å². The SMILES string of the molecule is COCCC(=O)N1CCC[C@@H](c2cncc(Oc3ccccc3C)n2)C1. The Morgan fingerprint density at radius 1 is 1.31 bits per heavy atom. The van der Waals surface area contributed by atoms with Crippen molar-refractivity contribution in [1.29, 1.82) is 0 Å². The van der Waals surface area contributed by atoms with Gasteiger partial charge in [0.25, 0.3) is 0 Å². The Kier molecular flexibility index (Phi) is 6.17. The van der Waals surface area contributed by atoms with Crippen LogP contribution in [0, 0.1) is 6.92 Å². The highest BCUT2D eigenvalue weighted by molar-refractivity contribution is 5.76. The molecule has 0 spiro atoms. The molecule has 1 fully saturated rings. The smallest absolute Gasteiger partial charge is 0.238 e. The molecule has 0 unspecified atom stereocenters. The fraction of sp³-hybridized carbons (Fsp3) is 0.450. The monoisotopic (exact) mass is 355 g/mol. The van der Waals surface area contributed by atoms with E-state index in [2.05, 4.69) is 9.97 Å². The lowest BCUT2D eigenvalue weighted by molar-refractivity contribution is -0.133. The number of benzene rings is 1. The van der Waals surface area contributed by atoms with Gasteiger partial charge >= 0.3 is 0 Å². The van der Waals surface area contributed by atoms with E-state index in [1.54, 1.807) is 19.5 Å². The summed E-state index contributed by atoms with van der Waals surface area (Å²) in [7, 11) is 1.61. The average molecular weight is 355 g/mol. The van der Waals surface area contributed by atoms with Crippen molar-refractivity contribution in [3.8, 4) is 11.6 Å². The lowest BCUT2D eigenvalue weighted by atomic mass is 9.95. The van der Waals surface area contributed by atoms with E-state index in [-0.39, 0.29) is 11.8 Å². The summed E-state index contributed by atoms with van der Waals surface area (Å²) in [6.07, 6.45) is 5.79. The Hall–Kier alpha value is -2.47. The number of amides is 1. The molecule has 138 valence electrons. The van der Waals surface area contributed by atoms with Crippen LogP contribution in [0.5, 0.6) is 11.6 Å². The summed E-state index contributed by atoms with van der Waals surface area (Å²) < 4.78 is 10.9. The van der Waals surface area contributed by atoms with Crippen molar-refractivity contribution in [3.63, 3.8) is 0 Å². The summed E-state index contributed by atoms with van der Waals surface area (Å²) in [6, 6.07) is 7.82. The molecule has 1 atom stereocenters. The van der Waals surface area contributed by atoms with E-state index in [0.717, 1.165) is 36.4 Å². The molecule has 0 radical (unpaired) electrons. The van der Waals surface area contributed by atoms with E-state index in [1.165, 1.54) is 0 Å². The lowest BCUT2D eigenvalue weighted by Gasteiger charge is -2.32. The molecule has 0 saturated carbocycles. The number of aryl methyl sites for hydroxylation is 1. The van der Waals surface area contributed by atoms with E-state index < -0.39 is 0 Å². The van der Waals surface area contributed by atoms with Crippen molar-refractivity contribution < 1.29 is 14.3 Å². The molecule has 1 aliphatic heterocycles. The molecule has 1 saturated heterocycles. The summed E-state index contributed by atoms with van der Waals surface area (Å²) in [4.78, 5) is 23.1. The molecule has 3 rings (SSSR count). The van der Waals surface area contributed by atoms with Crippen LogP contribution in [0.4, 0.5) is 0 Å². The van der Waals surface area contributed by atoms with Gasteiger partial charge in [-0.2, -0.15) is 0 Å². The average Bonchev–Trinajstić information content (AvgIpc) is 2.68. The first-order valence-corrected chi connectivity index (χ1v) is 8.99. The number of carbonyl (C=O) groups is 1. The quantitative estimate of drug-likeness (QED) is 0.795. The Morgan fingerprint density at radius 3 is 2.96 bits per heavy atom. The van der Waals surface area contributed by atoms with Crippen molar-refractivity contribution in [2.45, 2.75) is 32.1 Å².